The highest BCUT2D eigenvalue weighted by atomic mass is 19.1. The lowest BCUT2D eigenvalue weighted by molar-refractivity contribution is 0.351. The Balaban J connectivity index is 2.31. The topological polar surface area (TPSA) is 44.5 Å². The zero-order chi connectivity index (χ0) is 15.4. The molecule has 112 valence electrons. The molecule has 0 aliphatic heterocycles. The average molecular weight is 293 g/mol. The first-order valence-electron chi connectivity index (χ1n) is 6.47. The maximum Gasteiger partial charge on any atom is 0.163 e. The van der Waals surface area contributed by atoms with Crippen LogP contribution in [-0.4, -0.2) is 14.2 Å². The number of hydrogen-bond acceptors (Lipinski definition) is 3. The summed E-state index contributed by atoms with van der Waals surface area (Å²) in [6.07, 6.45) is 0.194. The summed E-state index contributed by atoms with van der Waals surface area (Å²) in [5.41, 5.74) is 6.71. The van der Waals surface area contributed by atoms with Crippen LogP contribution in [0, 0.1) is 11.6 Å². The van der Waals surface area contributed by atoms with Crippen LogP contribution in [0.3, 0.4) is 0 Å². The Hall–Kier alpha value is -2.14. The largest absolute Gasteiger partial charge is 0.493 e. The van der Waals surface area contributed by atoms with Crippen LogP contribution in [0.5, 0.6) is 11.5 Å². The first-order chi connectivity index (χ1) is 10.1. The highest BCUT2D eigenvalue weighted by Crippen LogP contribution is 2.32. The third-order valence-electron chi connectivity index (χ3n) is 3.30. The fourth-order valence-corrected chi connectivity index (χ4v) is 2.16. The minimum Gasteiger partial charge on any atom is -0.493 e. The lowest BCUT2D eigenvalue weighted by Gasteiger charge is -2.16. The fourth-order valence-electron chi connectivity index (χ4n) is 2.16. The van der Waals surface area contributed by atoms with Crippen molar-refractivity contribution in [1.29, 1.82) is 0 Å². The van der Waals surface area contributed by atoms with Gasteiger partial charge in [-0.1, -0.05) is 18.2 Å². The second-order valence-electron chi connectivity index (χ2n) is 4.63. The highest BCUT2D eigenvalue weighted by molar-refractivity contribution is 5.45. The number of ether oxygens (including phenoxy) is 2. The number of nitrogens with two attached hydrogens (primary N) is 1. The molecule has 5 heteroatoms. The molecule has 3 nitrogen and oxygen atoms in total. The SMILES string of the molecule is COc1cc(F)c(C(N)Cc2ccccc2F)cc1OC. The second-order valence-corrected chi connectivity index (χ2v) is 4.63. The first-order valence-corrected chi connectivity index (χ1v) is 6.47. The summed E-state index contributed by atoms with van der Waals surface area (Å²) in [6, 6.07) is 8.33. The van der Waals surface area contributed by atoms with Gasteiger partial charge in [0.2, 0.25) is 0 Å². The van der Waals surface area contributed by atoms with Crippen LogP contribution in [0.15, 0.2) is 36.4 Å². The second kappa shape index (κ2) is 6.54. The molecule has 0 bridgehead atoms. The lowest BCUT2D eigenvalue weighted by Crippen LogP contribution is -2.16. The summed E-state index contributed by atoms with van der Waals surface area (Å²) in [6.45, 7) is 0. The van der Waals surface area contributed by atoms with Gasteiger partial charge in [0.15, 0.2) is 11.5 Å². The van der Waals surface area contributed by atoms with Crippen molar-refractivity contribution in [2.75, 3.05) is 14.2 Å². The predicted octanol–water partition coefficient (Wildman–Crippen LogP) is 3.22. The molecule has 0 heterocycles. The van der Waals surface area contributed by atoms with Gasteiger partial charge in [0.1, 0.15) is 11.6 Å². The van der Waals surface area contributed by atoms with Crippen molar-refractivity contribution >= 4 is 0 Å². The van der Waals surface area contributed by atoms with Gasteiger partial charge in [-0.3, -0.25) is 0 Å². The Bertz CT molecular complexity index is 632. The maximum absolute atomic E-state index is 14.1. The van der Waals surface area contributed by atoms with Gasteiger partial charge in [-0.2, -0.15) is 0 Å². The third-order valence-corrected chi connectivity index (χ3v) is 3.30. The molecule has 0 fully saturated rings. The Morgan fingerprint density at radius 1 is 1.00 bits per heavy atom. The molecule has 0 aromatic heterocycles. The summed E-state index contributed by atoms with van der Waals surface area (Å²) in [4.78, 5) is 0. The van der Waals surface area contributed by atoms with E-state index in [2.05, 4.69) is 0 Å². The Morgan fingerprint density at radius 2 is 1.62 bits per heavy atom. The lowest BCUT2D eigenvalue weighted by atomic mass is 9.98. The van der Waals surface area contributed by atoms with Crippen molar-refractivity contribution in [2.45, 2.75) is 12.5 Å². The molecular formula is C16H17F2NO2. The molecule has 0 radical (unpaired) electrons. The van der Waals surface area contributed by atoms with Gasteiger partial charge in [0.05, 0.1) is 14.2 Å². The Kier molecular flexibility index (Phi) is 4.75. The van der Waals surface area contributed by atoms with Crippen molar-refractivity contribution in [3.63, 3.8) is 0 Å². The molecule has 0 saturated carbocycles. The number of halogens is 2. The summed E-state index contributed by atoms with van der Waals surface area (Å²) in [7, 11) is 2.89. The van der Waals surface area contributed by atoms with Gasteiger partial charge in [-0.05, 0) is 24.1 Å². The van der Waals surface area contributed by atoms with Crippen molar-refractivity contribution < 1.29 is 18.3 Å². The zero-order valence-electron chi connectivity index (χ0n) is 11.9. The summed E-state index contributed by atoms with van der Waals surface area (Å²) >= 11 is 0. The predicted molar refractivity (Wildman–Crippen MR) is 76.5 cm³/mol. The quantitative estimate of drug-likeness (QED) is 0.920. The van der Waals surface area contributed by atoms with Crippen LogP contribution >= 0.6 is 0 Å². The van der Waals surface area contributed by atoms with Gasteiger partial charge in [-0.15, -0.1) is 0 Å². The Labute approximate surface area is 122 Å². The van der Waals surface area contributed by atoms with E-state index in [0.717, 1.165) is 0 Å². The summed E-state index contributed by atoms with van der Waals surface area (Å²) in [5, 5.41) is 0. The van der Waals surface area contributed by atoms with Gasteiger partial charge in [0, 0.05) is 17.7 Å². The number of rotatable bonds is 5. The van der Waals surface area contributed by atoms with Crippen LogP contribution in [0.25, 0.3) is 0 Å². The van der Waals surface area contributed by atoms with E-state index in [4.69, 9.17) is 15.2 Å². The van der Waals surface area contributed by atoms with Crippen molar-refractivity contribution in [3.8, 4) is 11.5 Å². The molecule has 2 aromatic carbocycles. The molecule has 0 amide bonds. The Morgan fingerprint density at radius 3 is 2.24 bits per heavy atom. The average Bonchev–Trinajstić information content (AvgIpc) is 2.49. The van der Waals surface area contributed by atoms with Crippen LogP contribution in [-0.2, 0) is 6.42 Å². The maximum atomic E-state index is 14.1. The third kappa shape index (κ3) is 3.31. The van der Waals surface area contributed by atoms with Gasteiger partial charge in [-0.25, -0.2) is 8.78 Å². The molecule has 0 aliphatic carbocycles. The van der Waals surface area contributed by atoms with Crippen LogP contribution in [0.2, 0.25) is 0 Å². The monoisotopic (exact) mass is 293 g/mol. The van der Waals surface area contributed by atoms with E-state index < -0.39 is 11.9 Å². The van der Waals surface area contributed by atoms with Gasteiger partial charge >= 0.3 is 0 Å². The van der Waals surface area contributed by atoms with Crippen molar-refractivity contribution in [3.05, 3.63) is 59.2 Å². The molecule has 2 N–H and O–H groups in total. The zero-order valence-corrected chi connectivity index (χ0v) is 11.9. The van der Waals surface area contributed by atoms with Crippen molar-refractivity contribution in [2.24, 2.45) is 5.73 Å². The molecule has 0 saturated heterocycles. The van der Waals surface area contributed by atoms with Crippen molar-refractivity contribution in [1.82, 2.24) is 0 Å². The fraction of sp³-hybridized carbons (Fsp3) is 0.250. The van der Waals surface area contributed by atoms with Crippen LogP contribution < -0.4 is 15.2 Å². The van der Waals surface area contributed by atoms with E-state index in [1.54, 1.807) is 18.2 Å². The van der Waals surface area contributed by atoms with E-state index in [9.17, 15) is 8.78 Å². The molecule has 1 unspecified atom stereocenters. The van der Waals surface area contributed by atoms with E-state index in [1.807, 2.05) is 0 Å². The van der Waals surface area contributed by atoms with E-state index in [0.29, 0.717) is 11.3 Å². The summed E-state index contributed by atoms with van der Waals surface area (Å²) in [5.74, 6) is -0.181. The molecule has 21 heavy (non-hydrogen) atoms. The molecule has 0 spiro atoms. The normalized spacial score (nSPS) is 12.0. The van der Waals surface area contributed by atoms with Gasteiger partial charge in [0.25, 0.3) is 0 Å². The number of methoxy groups -OCH3 is 2. The van der Waals surface area contributed by atoms with E-state index in [1.165, 1.54) is 32.4 Å². The molecule has 0 aliphatic rings. The molecule has 2 aromatic rings. The van der Waals surface area contributed by atoms with Crippen LogP contribution in [0.4, 0.5) is 8.78 Å². The number of benzene rings is 2. The highest BCUT2D eigenvalue weighted by Gasteiger charge is 2.18. The molecule has 2 rings (SSSR count). The van der Waals surface area contributed by atoms with Crippen LogP contribution in [0.1, 0.15) is 17.2 Å². The smallest absolute Gasteiger partial charge is 0.163 e. The minimum atomic E-state index is -0.679. The minimum absolute atomic E-state index is 0.194. The van der Waals surface area contributed by atoms with E-state index in [-0.39, 0.29) is 23.6 Å². The summed E-state index contributed by atoms with van der Waals surface area (Å²) < 4.78 is 37.9. The van der Waals surface area contributed by atoms with Gasteiger partial charge < -0.3 is 15.2 Å². The van der Waals surface area contributed by atoms with E-state index >= 15 is 0 Å². The molecular weight excluding hydrogens is 276 g/mol. The standard InChI is InChI=1S/C16H17F2NO2/c1-20-15-8-11(13(18)9-16(15)21-2)14(19)7-10-5-3-4-6-12(10)17/h3-6,8-9,14H,7,19H2,1-2H3. The number of hydrogen-bond donors (Lipinski definition) is 1. The molecule has 1 atom stereocenters. The first kappa shape index (κ1) is 15.3.